The van der Waals surface area contributed by atoms with Gasteiger partial charge in [0, 0.05) is 13.1 Å². The summed E-state index contributed by atoms with van der Waals surface area (Å²) in [6.07, 6.45) is 0. The molecule has 1 aromatic rings. The monoisotopic (exact) mass is 280 g/mol. The van der Waals surface area contributed by atoms with Crippen molar-refractivity contribution in [2.45, 2.75) is 0 Å². The molecule has 0 bridgehead atoms. The predicted octanol–water partition coefficient (Wildman–Crippen LogP) is -0.118. The maximum atomic E-state index is 14.0. The van der Waals surface area contributed by atoms with E-state index in [1.165, 1.54) is 6.07 Å². The molecule has 20 heavy (non-hydrogen) atoms. The second-order valence-electron chi connectivity index (χ2n) is 4.21. The average Bonchev–Trinajstić information content (AvgIpc) is 2.41. The van der Waals surface area contributed by atoms with E-state index in [0.29, 0.717) is 32.0 Å². The van der Waals surface area contributed by atoms with Crippen molar-refractivity contribution in [2.75, 3.05) is 31.2 Å². The van der Waals surface area contributed by atoms with E-state index in [-0.39, 0.29) is 17.6 Å². The summed E-state index contributed by atoms with van der Waals surface area (Å²) in [6, 6.07) is 4.71. The molecule has 0 spiro atoms. The number of anilines is 1. The van der Waals surface area contributed by atoms with E-state index in [0.717, 1.165) is 0 Å². The van der Waals surface area contributed by atoms with Crippen LogP contribution in [0.4, 0.5) is 15.8 Å². The zero-order valence-corrected chi connectivity index (χ0v) is 10.9. The highest BCUT2D eigenvalue weighted by atomic mass is 19.1. The van der Waals surface area contributed by atoms with Crippen LogP contribution in [0.15, 0.2) is 28.2 Å². The first-order valence-electron chi connectivity index (χ1n) is 6.13. The molecule has 108 valence electrons. The van der Waals surface area contributed by atoms with E-state index in [4.69, 9.17) is 21.9 Å². The molecule has 1 fully saturated rings. The molecule has 0 unspecified atom stereocenters. The third kappa shape index (κ3) is 3.35. The van der Waals surface area contributed by atoms with Crippen LogP contribution in [-0.2, 0) is 4.74 Å². The van der Waals surface area contributed by atoms with Crippen molar-refractivity contribution in [3.05, 3.63) is 24.0 Å². The van der Waals surface area contributed by atoms with Gasteiger partial charge in [0.2, 0.25) is 5.96 Å². The third-order valence-corrected chi connectivity index (χ3v) is 2.79. The maximum Gasteiger partial charge on any atom is 0.223 e. The molecule has 1 aliphatic rings. The summed E-state index contributed by atoms with van der Waals surface area (Å²) in [4.78, 5) is 9.53. The van der Waals surface area contributed by atoms with Crippen LogP contribution < -0.4 is 22.1 Å². The van der Waals surface area contributed by atoms with Gasteiger partial charge in [0.1, 0.15) is 5.69 Å². The highest BCUT2D eigenvalue weighted by molar-refractivity contribution is 5.94. The quantitative estimate of drug-likeness (QED) is 0.516. The number of aliphatic imine (C=N–C) groups is 2. The van der Waals surface area contributed by atoms with Crippen LogP contribution >= 0.6 is 0 Å². The lowest BCUT2D eigenvalue weighted by atomic mass is 10.2. The van der Waals surface area contributed by atoms with Crippen molar-refractivity contribution >= 4 is 23.3 Å². The maximum absolute atomic E-state index is 14.0. The number of morpholine rings is 1. The molecule has 0 aliphatic carbocycles. The summed E-state index contributed by atoms with van der Waals surface area (Å²) in [5.41, 5.74) is 16.8. The molecule has 6 N–H and O–H groups in total. The van der Waals surface area contributed by atoms with Crippen LogP contribution in [0.5, 0.6) is 0 Å². The Hall–Kier alpha value is -2.35. The van der Waals surface area contributed by atoms with Crippen LogP contribution in [0, 0.1) is 5.82 Å². The Labute approximate surface area is 115 Å². The number of guanidine groups is 2. The molecule has 8 heteroatoms. The topological polar surface area (TPSA) is 115 Å². The zero-order valence-electron chi connectivity index (χ0n) is 10.9. The smallest absolute Gasteiger partial charge is 0.223 e. The van der Waals surface area contributed by atoms with Gasteiger partial charge < -0.3 is 26.8 Å². The van der Waals surface area contributed by atoms with E-state index in [1.54, 1.807) is 12.1 Å². The number of nitrogens with two attached hydrogens (primary N) is 3. The van der Waals surface area contributed by atoms with E-state index < -0.39 is 5.82 Å². The molecular formula is C12H17FN6O. The first-order valence-corrected chi connectivity index (χ1v) is 6.13. The van der Waals surface area contributed by atoms with Crippen LogP contribution in [0.1, 0.15) is 0 Å². The number of hydrogen-bond donors (Lipinski definition) is 3. The number of benzene rings is 1. The fourth-order valence-corrected chi connectivity index (χ4v) is 1.95. The highest BCUT2D eigenvalue weighted by Gasteiger charge is 2.17. The second-order valence-corrected chi connectivity index (χ2v) is 4.21. The summed E-state index contributed by atoms with van der Waals surface area (Å²) in [5.74, 6) is -0.900. The lowest BCUT2D eigenvalue weighted by molar-refractivity contribution is 0.122. The van der Waals surface area contributed by atoms with Gasteiger partial charge in [-0.3, -0.25) is 0 Å². The van der Waals surface area contributed by atoms with Crippen LogP contribution in [0.3, 0.4) is 0 Å². The van der Waals surface area contributed by atoms with Gasteiger partial charge in [-0.05, 0) is 12.1 Å². The summed E-state index contributed by atoms with van der Waals surface area (Å²) >= 11 is 0. The normalized spacial score (nSPS) is 16.1. The predicted molar refractivity (Wildman–Crippen MR) is 76.5 cm³/mol. The van der Waals surface area contributed by atoms with E-state index in [1.807, 2.05) is 4.90 Å². The highest BCUT2D eigenvalue weighted by Crippen LogP contribution is 2.32. The fourth-order valence-electron chi connectivity index (χ4n) is 1.95. The van der Waals surface area contributed by atoms with E-state index in [9.17, 15) is 4.39 Å². The lowest BCUT2D eigenvalue weighted by Gasteiger charge is -2.29. The van der Waals surface area contributed by atoms with Crippen molar-refractivity contribution in [3.63, 3.8) is 0 Å². The minimum absolute atomic E-state index is 0.122. The summed E-state index contributed by atoms with van der Waals surface area (Å²) in [5, 5.41) is 0. The summed E-state index contributed by atoms with van der Waals surface area (Å²) in [6.45, 7) is 2.49. The average molecular weight is 280 g/mol. The number of halogens is 1. The number of para-hydroxylation sites is 1. The molecule has 1 heterocycles. The van der Waals surface area contributed by atoms with Crippen LogP contribution in [-0.4, -0.2) is 38.2 Å². The number of ether oxygens (including phenoxy) is 1. The second kappa shape index (κ2) is 6.20. The first kappa shape index (κ1) is 14.1. The Kier molecular flexibility index (Phi) is 4.36. The van der Waals surface area contributed by atoms with Gasteiger partial charge >= 0.3 is 0 Å². The Balaban J connectivity index is 2.38. The third-order valence-electron chi connectivity index (χ3n) is 2.79. The largest absolute Gasteiger partial charge is 0.378 e. The first-order chi connectivity index (χ1) is 9.58. The van der Waals surface area contributed by atoms with Crippen molar-refractivity contribution in [3.8, 4) is 0 Å². The Morgan fingerprint density at radius 1 is 1.20 bits per heavy atom. The SMILES string of the molecule is NC(N)=NC(N)=Nc1c(F)cccc1N1CCOCC1. The number of rotatable bonds is 2. The minimum atomic E-state index is -0.484. The molecular weight excluding hydrogens is 263 g/mol. The van der Waals surface area contributed by atoms with Crippen molar-refractivity contribution in [2.24, 2.45) is 27.2 Å². The standard InChI is InChI=1S/C12H17FN6O/c13-8-2-1-3-9(19-4-6-20-7-5-19)10(8)17-12(16)18-11(14)15/h1-3H,4-7H2,(H6,14,15,16,17,18). The summed E-state index contributed by atoms with van der Waals surface area (Å²) in [7, 11) is 0. The van der Waals surface area contributed by atoms with Gasteiger partial charge in [0.25, 0.3) is 0 Å². The van der Waals surface area contributed by atoms with Gasteiger partial charge in [-0.2, -0.15) is 4.99 Å². The molecule has 2 rings (SSSR count). The molecule has 1 aliphatic heterocycles. The Bertz CT molecular complexity index is 535. The van der Waals surface area contributed by atoms with Crippen molar-refractivity contribution in [1.29, 1.82) is 0 Å². The Morgan fingerprint density at radius 3 is 2.55 bits per heavy atom. The van der Waals surface area contributed by atoms with Crippen molar-refractivity contribution < 1.29 is 9.13 Å². The summed E-state index contributed by atoms with van der Waals surface area (Å²) < 4.78 is 19.2. The Morgan fingerprint density at radius 2 is 1.90 bits per heavy atom. The molecule has 0 amide bonds. The van der Waals surface area contributed by atoms with Gasteiger partial charge in [0.15, 0.2) is 11.8 Å². The fraction of sp³-hybridized carbons (Fsp3) is 0.333. The molecule has 7 nitrogen and oxygen atoms in total. The van der Waals surface area contributed by atoms with Crippen LogP contribution in [0.25, 0.3) is 0 Å². The molecule has 0 radical (unpaired) electrons. The molecule has 1 saturated heterocycles. The van der Waals surface area contributed by atoms with Gasteiger partial charge in [-0.1, -0.05) is 6.07 Å². The lowest BCUT2D eigenvalue weighted by Crippen LogP contribution is -2.36. The van der Waals surface area contributed by atoms with Crippen molar-refractivity contribution in [1.82, 2.24) is 0 Å². The molecule has 1 aromatic carbocycles. The van der Waals surface area contributed by atoms with E-state index in [2.05, 4.69) is 9.98 Å². The van der Waals surface area contributed by atoms with Crippen LogP contribution in [0.2, 0.25) is 0 Å². The number of hydrogen-bond acceptors (Lipinski definition) is 3. The molecule has 0 saturated carbocycles. The zero-order chi connectivity index (χ0) is 14.5. The molecule has 0 aromatic heterocycles. The van der Waals surface area contributed by atoms with Gasteiger partial charge in [0.05, 0.1) is 18.9 Å². The number of nitrogens with zero attached hydrogens (tertiary/aromatic N) is 3. The molecule has 0 atom stereocenters. The van der Waals surface area contributed by atoms with Gasteiger partial charge in [-0.15, -0.1) is 0 Å². The van der Waals surface area contributed by atoms with E-state index >= 15 is 0 Å². The van der Waals surface area contributed by atoms with Gasteiger partial charge in [-0.25, -0.2) is 9.38 Å². The minimum Gasteiger partial charge on any atom is -0.378 e.